The third-order valence-corrected chi connectivity index (χ3v) is 3.80. The Morgan fingerprint density at radius 3 is 2.50 bits per heavy atom. The zero-order valence-corrected chi connectivity index (χ0v) is 12.3. The first-order valence-electron chi connectivity index (χ1n) is 6.04. The number of carboxylic acid groups (broad SMARTS) is 1. The van der Waals surface area contributed by atoms with Crippen LogP contribution in [0.1, 0.15) is 12.8 Å². The molecular formula is C13H16ClNO4S. The number of hydrogen-bond acceptors (Lipinski definition) is 4. The largest absolute Gasteiger partial charge is 0.480 e. The Hall–Kier alpha value is -1.24. The fourth-order valence-electron chi connectivity index (χ4n) is 1.41. The van der Waals surface area contributed by atoms with Gasteiger partial charge in [-0.05, 0) is 36.4 Å². The third-order valence-electron chi connectivity index (χ3n) is 2.45. The van der Waals surface area contributed by atoms with Gasteiger partial charge in [-0.3, -0.25) is 4.79 Å². The Labute approximate surface area is 126 Å². The van der Waals surface area contributed by atoms with Gasteiger partial charge in [0.1, 0.15) is 6.04 Å². The van der Waals surface area contributed by atoms with Crippen LogP contribution in [-0.4, -0.2) is 40.5 Å². The maximum atomic E-state index is 11.5. The molecule has 0 unspecified atom stereocenters. The summed E-state index contributed by atoms with van der Waals surface area (Å²) in [5, 5.41) is 20.4. The summed E-state index contributed by atoms with van der Waals surface area (Å²) in [5.74, 6) is -0.870. The van der Waals surface area contributed by atoms with Crippen molar-refractivity contribution in [2.24, 2.45) is 0 Å². The van der Waals surface area contributed by atoms with Gasteiger partial charge in [0.25, 0.3) is 0 Å². The number of thioether (sulfide) groups is 1. The molecule has 0 aromatic heterocycles. The minimum atomic E-state index is -1.24. The van der Waals surface area contributed by atoms with E-state index in [2.05, 4.69) is 5.32 Å². The fourth-order valence-corrected chi connectivity index (χ4v) is 2.38. The smallest absolute Gasteiger partial charge is 0.328 e. The minimum absolute atomic E-state index is 0.227. The SMILES string of the molecule is O=C(CCCSc1ccc(Cl)cc1)N[C@H](CO)C(=O)O. The maximum absolute atomic E-state index is 11.5. The first kappa shape index (κ1) is 16.8. The normalized spacial score (nSPS) is 11.9. The van der Waals surface area contributed by atoms with Crippen LogP contribution < -0.4 is 5.32 Å². The molecule has 0 spiro atoms. The molecule has 5 nitrogen and oxygen atoms in total. The summed E-state index contributed by atoms with van der Waals surface area (Å²) in [4.78, 5) is 23.1. The highest BCUT2D eigenvalue weighted by Crippen LogP contribution is 2.21. The van der Waals surface area contributed by atoms with E-state index >= 15 is 0 Å². The van der Waals surface area contributed by atoms with Gasteiger partial charge < -0.3 is 15.5 Å². The van der Waals surface area contributed by atoms with Crippen molar-refractivity contribution in [2.75, 3.05) is 12.4 Å². The number of aliphatic hydroxyl groups excluding tert-OH is 1. The standard InChI is InChI=1S/C13H16ClNO4S/c14-9-3-5-10(6-4-9)20-7-1-2-12(17)15-11(8-16)13(18)19/h3-6,11,16H,1-2,7-8H2,(H,15,17)(H,18,19)/t11-/m1/s1. The van der Waals surface area contributed by atoms with Crippen molar-refractivity contribution >= 4 is 35.2 Å². The number of carboxylic acids is 1. The van der Waals surface area contributed by atoms with Gasteiger partial charge in [0.15, 0.2) is 0 Å². The molecule has 7 heteroatoms. The van der Waals surface area contributed by atoms with Gasteiger partial charge in [-0.1, -0.05) is 11.6 Å². The average molecular weight is 318 g/mol. The van der Waals surface area contributed by atoms with E-state index in [4.69, 9.17) is 21.8 Å². The van der Waals surface area contributed by atoms with Crippen molar-refractivity contribution in [1.29, 1.82) is 0 Å². The van der Waals surface area contributed by atoms with Crippen LogP contribution in [0.3, 0.4) is 0 Å². The Kier molecular flexibility index (Phi) is 7.43. The minimum Gasteiger partial charge on any atom is -0.480 e. The zero-order chi connectivity index (χ0) is 15.0. The number of hydrogen-bond donors (Lipinski definition) is 3. The van der Waals surface area contributed by atoms with Gasteiger partial charge in [0, 0.05) is 16.3 Å². The van der Waals surface area contributed by atoms with Gasteiger partial charge in [0.05, 0.1) is 6.61 Å². The summed E-state index contributed by atoms with van der Waals surface area (Å²) < 4.78 is 0. The maximum Gasteiger partial charge on any atom is 0.328 e. The van der Waals surface area contributed by atoms with E-state index in [0.717, 1.165) is 10.6 Å². The van der Waals surface area contributed by atoms with E-state index in [1.165, 1.54) is 0 Å². The third kappa shape index (κ3) is 6.27. The number of carbonyl (C=O) groups is 2. The second-order valence-corrected chi connectivity index (χ2v) is 5.65. The molecule has 3 N–H and O–H groups in total. The van der Waals surface area contributed by atoms with E-state index in [9.17, 15) is 9.59 Å². The second-order valence-electron chi connectivity index (χ2n) is 4.05. The summed E-state index contributed by atoms with van der Waals surface area (Å²) in [7, 11) is 0. The van der Waals surface area contributed by atoms with E-state index < -0.39 is 18.6 Å². The van der Waals surface area contributed by atoms with Gasteiger partial charge >= 0.3 is 5.97 Å². The van der Waals surface area contributed by atoms with Crippen molar-refractivity contribution in [3.8, 4) is 0 Å². The molecule has 0 fully saturated rings. The lowest BCUT2D eigenvalue weighted by atomic mass is 10.2. The summed E-state index contributed by atoms with van der Waals surface area (Å²) in [6.45, 7) is -0.611. The molecule has 1 atom stereocenters. The molecule has 0 saturated heterocycles. The topological polar surface area (TPSA) is 86.6 Å². The number of amides is 1. The highest BCUT2D eigenvalue weighted by molar-refractivity contribution is 7.99. The molecule has 20 heavy (non-hydrogen) atoms. The van der Waals surface area contributed by atoms with Gasteiger partial charge in [-0.15, -0.1) is 11.8 Å². The zero-order valence-electron chi connectivity index (χ0n) is 10.7. The lowest BCUT2D eigenvalue weighted by molar-refractivity contribution is -0.142. The molecule has 0 heterocycles. The van der Waals surface area contributed by atoms with Crippen molar-refractivity contribution in [3.63, 3.8) is 0 Å². The first-order valence-corrected chi connectivity index (χ1v) is 7.40. The lowest BCUT2D eigenvalue weighted by Crippen LogP contribution is -2.43. The monoisotopic (exact) mass is 317 g/mol. The summed E-state index contributed by atoms with van der Waals surface area (Å²) in [6.07, 6.45) is 0.848. The Balaban J connectivity index is 2.22. The van der Waals surface area contributed by atoms with Gasteiger partial charge in [-0.2, -0.15) is 0 Å². The van der Waals surface area contributed by atoms with Crippen molar-refractivity contribution in [3.05, 3.63) is 29.3 Å². The molecule has 0 bridgehead atoms. The number of rotatable bonds is 8. The van der Waals surface area contributed by atoms with E-state index in [-0.39, 0.29) is 12.3 Å². The van der Waals surface area contributed by atoms with Crippen LogP contribution in [0.25, 0.3) is 0 Å². The van der Waals surface area contributed by atoms with Crippen molar-refractivity contribution in [1.82, 2.24) is 5.32 Å². The van der Waals surface area contributed by atoms with Crippen LogP contribution in [0.2, 0.25) is 5.02 Å². The number of halogens is 1. The molecule has 0 saturated carbocycles. The van der Waals surface area contributed by atoms with E-state index in [1.807, 2.05) is 12.1 Å². The Morgan fingerprint density at radius 2 is 1.95 bits per heavy atom. The molecule has 0 aliphatic heterocycles. The molecular weight excluding hydrogens is 302 g/mol. The molecule has 0 radical (unpaired) electrons. The van der Waals surface area contributed by atoms with E-state index in [1.54, 1.807) is 23.9 Å². The molecule has 1 aromatic carbocycles. The summed E-state index contributed by atoms with van der Waals surface area (Å²) in [5.41, 5.74) is 0. The molecule has 1 aromatic rings. The molecule has 1 amide bonds. The molecule has 110 valence electrons. The Morgan fingerprint density at radius 1 is 1.30 bits per heavy atom. The number of aliphatic hydroxyl groups is 1. The average Bonchev–Trinajstić information content (AvgIpc) is 2.42. The summed E-state index contributed by atoms with van der Waals surface area (Å²) >= 11 is 7.37. The Bertz CT molecular complexity index is 452. The predicted molar refractivity (Wildman–Crippen MR) is 78.1 cm³/mol. The predicted octanol–water partition coefficient (Wildman–Crippen LogP) is 1.77. The fraction of sp³-hybridized carbons (Fsp3) is 0.385. The van der Waals surface area contributed by atoms with Gasteiger partial charge in [-0.25, -0.2) is 4.79 Å². The number of nitrogens with one attached hydrogen (secondary N) is 1. The van der Waals surface area contributed by atoms with Crippen molar-refractivity contribution in [2.45, 2.75) is 23.8 Å². The van der Waals surface area contributed by atoms with Crippen LogP contribution in [0, 0.1) is 0 Å². The molecule has 0 aliphatic rings. The molecule has 1 rings (SSSR count). The van der Waals surface area contributed by atoms with E-state index in [0.29, 0.717) is 11.4 Å². The number of carbonyl (C=O) groups excluding carboxylic acids is 1. The molecule has 0 aliphatic carbocycles. The van der Waals surface area contributed by atoms with Gasteiger partial charge in [0.2, 0.25) is 5.91 Å². The number of benzene rings is 1. The number of aliphatic carboxylic acids is 1. The highest BCUT2D eigenvalue weighted by Gasteiger charge is 2.17. The second kappa shape index (κ2) is 8.84. The highest BCUT2D eigenvalue weighted by atomic mass is 35.5. The van der Waals surface area contributed by atoms with Crippen LogP contribution in [0.15, 0.2) is 29.2 Å². The van der Waals surface area contributed by atoms with Crippen molar-refractivity contribution < 1.29 is 19.8 Å². The van der Waals surface area contributed by atoms with Crippen LogP contribution in [0.4, 0.5) is 0 Å². The quantitative estimate of drug-likeness (QED) is 0.502. The van der Waals surface area contributed by atoms with Crippen LogP contribution >= 0.6 is 23.4 Å². The lowest BCUT2D eigenvalue weighted by Gasteiger charge is -2.11. The van der Waals surface area contributed by atoms with Crippen LogP contribution in [0.5, 0.6) is 0 Å². The summed E-state index contributed by atoms with van der Waals surface area (Å²) in [6, 6.07) is 6.18. The first-order chi connectivity index (χ1) is 9.52. The van der Waals surface area contributed by atoms with Crippen LogP contribution in [-0.2, 0) is 9.59 Å².